The number of alkyl halides is 3. The maximum Gasteiger partial charge on any atom is 0.522 e. The van der Waals surface area contributed by atoms with Crippen LogP contribution < -0.4 is 15.2 Å². The lowest BCUT2D eigenvalue weighted by Crippen LogP contribution is -2.60. The van der Waals surface area contributed by atoms with Gasteiger partial charge in [-0.25, -0.2) is 9.59 Å². The molecule has 0 fully saturated rings. The molecule has 2 aliphatic heterocycles. The molecule has 1 aromatic heterocycles. The summed E-state index contributed by atoms with van der Waals surface area (Å²) in [5.74, 6) is -1.44. The minimum Gasteiger partial charge on any atom is -0.388 e. The number of nitrogens with zero attached hydrogens (tertiary/aromatic N) is 3. The van der Waals surface area contributed by atoms with Crippen molar-refractivity contribution in [1.29, 1.82) is 0 Å². The molecule has 0 saturated heterocycles. The lowest BCUT2D eigenvalue weighted by molar-refractivity contribution is -0.173. The van der Waals surface area contributed by atoms with E-state index in [0.29, 0.717) is 22.4 Å². The second kappa shape index (κ2) is 11.4. The van der Waals surface area contributed by atoms with Crippen LogP contribution in [0.3, 0.4) is 0 Å². The lowest BCUT2D eigenvalue weighted by atomic mass is 9.92. The van der Waals surface area contributed by atoms with Gasteiger partial charge < -0.3 is 14.4 Å². The van der Waals surface area contributed by atoms with E-state index in [1.807, 2.05) is 49.4 Å². The van der Waals surface area contributed by atoms with Crippen LogP contribution in [0, 0.1) is 6.92 Å². The Balaban J connectivity index is 1.76. The summed E-state index contributed by atoms with van der Waals surface area (Å²) in [5.41, 5.74) is 1.97. The first kappa shape index (κ1) is 29.6. The van der Waals surface area contributed by atoms with E-state index in [9.17, 15) is 32.3 Å². The van der Waals surface area contributed by atoms with Crippen molar-refractivity contribution in [1.82, 2.24) is 9.58 Å². The molecule has 5 rings (SSSR count). The number of rotatable bonds is 3. The van der Waals surface area contributed by atoms with E-state index in [0.717, 1.165) is 40.1 Å². The smallest absolute Gasteiger partial charge is 0.388 e. The minimum absolute atomic E-state index is 0.513. The summed E-state index contributed by atoms with van der Waals surface area (Å²) in [6.07, 6.45) is -3.81. The van der Waals surface area contributed by atoms with Gasteiger partial charge in [0.25, 0.3) is 5.91 Å². The Morgan fingerprint density at radius 2 is 1.79 bits per heavy atom. The summed E-state index contributed by atoms with van der Waals surface area (Å²) < 4.78 is 53.0. The average Bonchev–Trinajstić information content (AvgIpc) is 3.11. The van der Waals surface area contributed by atoms with Crippen molar-refractivity contribution in [2.24, 2.45) is 0 Å². The Kier molecular flexibility index (Phi) is 8.03. The third-order valence-corrected chi connectivity index (χ3v) is 8.69. The molecule has 0 saturated carbocycles. The molecule has 0 N–H and O–H groups in total. The second-order valence-electron chi connectivity index (χ2n) is 9.56. The van der Waals surface area contributed by atoms with Gasteiger partial charge in [-0.3, -0.25) is 19.3 Å². The maximum absolute atomic E-state index is 14.1. The van der Waals surface area contributed by atoms with Crippen LogP contribution in [0.2, 0.25) is 0 Å². The van der Waals surface area contributed by atoms with E-state index >= 15 is 0 Å². The highest BCUT2D eigenvalue weighted by Crippen LogP contribution is 2.44. The quantitative estimate of drug-likeness (QED) is 0.264. The fraction of sp³-hybridized carbons (Fsp3) is 0.286. The van der Waals surface area contributed by atoms with Crippen LogP contribution in [-0.4, -0.2) is 52.1 Å². The molecule has 2 aliphatic rings. The van der Waals surface area contributed by atoms with E-state index < -0.39 is 59.2 Å². The highest BCUT2D eigenvalue weighted by atomic mass is 32.2. The number of halogens is 3. The molecule has 14 heteroatoms. The Morgan fingerprint density at radius 1 is 1.07 bits per heavy atom. The number of benzene rings is 2. The highest BCUT2D eigenvalue weighted by molar-refractivity contribution is 8.12. The molecular formula is C28H24F3N3O6S2. The van der Waals surface area contributed by atoms with E-state index in [1.54, 1.807) is 11.8 Å². The molecule has 9 nitrogen and oxygen atoms in total. The van der Waals surface area contributed by atoms with Crippen LogP contribution in [0.25, 0.3) is 0 Å². The Morgan fingerprint density at radius 3 is 2.50 bits per heavy atom. The normalized spacial score (nSPS) is 17.0. The number of hydrogen-bond donors (Lipinski definition) is 0. The van der Waals surface area contributed by atoms with Crippen molar-refractivity contribution < 1.29 is 37.0 Å². The SMILES string of the molecule is CSC(=O)OC(=O)Oc1c2n(ccc1=O)N([C@@H]1c3ccccc3SCc3c(C)cccc31)CN([C@H](C)C(F)(F)F)C2=O. The van der Waals surface area contributed by atoms with E-state index in [-0.39, 0.29) is 0 Å². The van der Waals surface area contributed by atoms with Gasteiger partial charge in [-0.15, -0.1) is 11.8 Å². The zero-order valence-corrected chi connectivity index (χ0v) is 24.1. The standard InChI is InChI=1S/C28H24F3N3O6S2/c1-15-7-6-9-17-19(15)13-42-21-10-5-4-8-18(21)22(17)34-14-32(16(2)28(29,30)31)25(36)23-24(20(35)11-12-33(23)34)39-26(37)40-27(38)41-3/h4-12,16,22H,13-14H2,1-3H3/t16-,22+/m1/s1. The van der Waals surface area contributed by atoms with Crippen LogP contribution in [0.5, 0.6) is 5.75 Å². The minimum atomic E-state index is -4.81. The molecule has 42 heavy (non-hydrogen) atoms. The zero-order chi connectivity index (χ0) is 30.3. The van der Waals surface area contributed by atoms with Gasteiger partial charge in [0, 0.05) is 22.9 Å². The molecule has 0 unspecified atom stereocenters. The van der Waals surface area contributed by atoms with Crippen molar-refractivity contribution in [2.45, 2.75) is 42.8 Å². The Labute approximate surface area is 246 Å². The van der Waals surface area contributed by atoms with E-state index in [2.05, 4.69) is 4.74 Å². The zero-order valence-electron chi connectivity index (χ0n) is 22.5. The third kappa shape index (κ3) is 5.36. The summed E-state index contributed by atoms with van der Waals surface area (Å²) in [6.45, 7) is 2.28. The number of amides is 1. The monoisotopic (exact) mass is 619 g/mol. The summed E-state index contributed by atoms with van der Waals surface area (Å²) in [7, 11) is 0. The van der Waals surface area contributed by atoms with Crippen molar-refractivity contribution in [3.63, 3.8) is 0 Å². The molecule has 0 bridgehead atoms. The molecule has 3 aromatic rings. The molecule has 0 spiro atoms. The number of aryl methyl sites for hydroxylation is 1. The largest absolute Gasteiger partial charge is 0.522 e. The van der Waals surface area contributed by atoms with Gasteiger partial charge >= 0.3 is 17.6 Å². The van der Waals surface area contributed by atoms with Crippen LogP contribution in [0.4, 0.5) is 22.8 Å². The maximum atomic E-state index is 14.1. The molecule has 0 radical (unpaired) electrons. The van der Waals surface area contributed by atoms with Gasteiger partial charge in [0.2, 0.25) is 11.2 Å². The summed E-state index contributed by atoms with van der Waals surface area (Å²) in [6, 6.07) is 11.2. The van der Waals surface area contributed by atoms with Gasteiger partial charge in [0.05, 0.1) is 6.04 Å². The number of pyridine rings is 1. The number of carbonyl (C=O) groups is 3. The number of hydrogen-bond acceptors (Lipinski definition) is 9. The highest BCUT2D eigenvalue weighted by Gasteiger charge is 2.48. The molecule has 0 aliphatic carbocycles. The number of fused-ring (bicyclic) bond motifs is 3. The summed E-state index contributed by atoms with van der Waals surface area (Å²) in [5, 5.41) is 0.497. The van der Waals surface area contributed by atoms with Crippen LogP contribution in [-0.2, 0) is 10.5 Å². The van der Waals surface area contributed by atoms with Gasteiger partial charge in [-0.2, -0.15) is 13.2 Å². The summed E-state index contributed by atoms with van der Waals surface area (Å²) in [4.78, 5) is 52.1. The van der Waals surface area contributed by atoms with E-state index in [4.69, 9.17) is 4.74 Å². The topological polar surface area (TPSA) is 98.2 Å². The molecular weight excluding hydrogens is 595 g/mol. The van der Waals surface area contributed by atoms with E-state index in [1.165, 1.54) is 22.1 Å². The molecule has 220 valence electrons. The fourth-order valence-corrected chi connectivity index (χ4v) is 6.36. The molecule has 3 heterocycles. The van der Waals surface area contributed by atoms with Gasteiger partial charge in [0.15, 0.2) is 5.69 Å². The van der Waals surface area contributed by atoms with Crippen molar-refractivity contribution in [3.05, 3.63) is 92.9 Å². The Hall–Kier alpha value is -3.91. The molecule has 1 amide bonds. The Bertz CT molecular complexity index is 1640. The first-order valence-electron chi connectivity index (χ1n) is 12.6. The van der Waals surface area contributed by atoms with Crippen LogP contribution >= 0.6 is 23.5 Å². The third-order valence-electron chi connectivity index (χ3n) is 7.16. The fourth-order valence-electron chi connectivity index (χ4n) is 4.99. The van der Waals surface area contributed by atoms with Gasteiger partial charge in [-0.05, 0) is 60.2 Å². The first-order valence-corrected chi connectivity index (χ1v) is 14.8. The number of ether oxygens (including phenoxy) is 2. The van der Waals surface area contributed by atoms with Crippen molar-refractivity contribution >= 4 is 40.9 Å². The summed E-state index contributed by atoms with van der Waals surface area (Å²) >= 11 is 2.14. The molecule has 2 atom stereocenters. The molecule has 2 aromatic carbocycles. The van der Waals surface area contributed by atoms with Crippen LogP contribution in [0.15, 0.2) is 64.4 Å². The number of aromatic nitrogens is 1. The van der Waals surface area contributed by atoms with Gasteiger partial charge in [-0.1, -0.05) is 36.4 Å². The van der Waals surface area contributed by atoms with Crippen molar-refractivity contribution in [2.75, 3.05) is 17.9 Å². The van der Waals surface area contributed by atoms with Crippen molar-refractivity contribution in [3.8, 4) is 5.75 Å². The lowest BCUT2D eigenvalue weighted by Gasteiger charge is -2.46. The predicted molar refractivity (Wildman–Crippen MR) is 151 cm³/mol. The second-order valence-corrected chi connectivity index (χ2v) is 11.3. The number of carbonyl (C=O) groups excluding carboxylic acids is 3. The average molecular weight is 620 g/mol. The van der Waals surface area contributed by atoms with Gasteiger partial charge in [0.1, 0.15) is 12.7 Å². The predicted octanol–water partition coefficient (Wildman–Crippen LogP) is 5.85. The first-order chi connectivity index (χ1) is 19.9. The number of thioether (sulfide) groups is 2. The van der Waals surface area contributed by atoms with Crippen LogP contribution in [0.1, 0.15) is 45.7 Å².